The Labute approximate surface area is 145 Å². The van der Waals surface area contributed by atoms with Gasteiger partial charge in [0.25, 0.3) is 7.37 Å². The Morgan fingerprint density at radius 3 is 1.96 bits per heavy atom. The van der Waals surface area contributed by atoms with Crippen molar-refractivity contribution in [3.05, 3.63) is 0 Å². The topological polar surface area (TPSA) is 94.1 Å². The fourth-order valence-corrected chi connectivity index (χ4v) is 5.07. The third kappa shape index (κ3) is 7.19. The molecule has 0 aliphatic rings. The Balaban J connectivity index is 5.52. The minimum absolute atomic E-state index is 0.192. The number of rotatable bonds is 14. The SMILES string of the molecule is CCOC(OCC)[P@](=O)(OCC)[C@H](CC)N[C@H](CC(C)C)C(=O)O. The van der Waals surface area contributed by atoms with Gasteiger partial charge in [0.1, 0.15) is 6.04 Å². The molecule has 24 heavy (non-hydrogen) atoms. The maximum absolute atomic E-state index is 13.5. The summed E-state index contributed by atoms with van der Waals surface area (Å²) in [7, 11) is -3.43. The van der Waals surface area contributed by atoms with Gasteiger partial charge in [0.2, 0.25) is 6.03 Å². The van der Waals surface area contributed by atoms with E-state index >= 15 is 0 Å². The number of hydrogen-bond acceptors (Lipinski definition) is 6. The zero-order valence-corrected chi connectivity index (χ0v) is 16.7. The second kappa shape index (κ2) is 12.0. The van der Waals surface area contributed by atoms with E-state index in [1.54, 1.807) is 20.8 Å². The minimum atomic E-state index is -3.43. The molecule has 0 spiro atoms. The molecule has 3 atom stereocenters. The number of carboxylic acid groups (broad SMARTS) is 1. The van der Waals surface area contributed by atoms with Crippen LogP contribution < -0.4 is 5.32 Å². The number of ether oxygens (including phenoxy) is 2. The third-order valence-corrected chi connectivity index (χ3v) is 6.39. The van der Waals surface area contributed by atoms with Gasteiger partial charge in [-0.15, -0.1) is 0 Å². The first-order chi connectivity index (χ1) is 11.3. The molecular formula is C16H34NO6P. The number of aliphatic carboxylic acids is 1. The Bertz CT molecular complexity index is 398. The van der Waals surface area contributed by atoms with Crippen LogP contribution in [0.25, 0.3) is 0 Å². The lowest BCUT2D eigenvalue weighted by Crippen LogP contribution is -2.45. The molecule has 0 saturated carbocycles. The van der Waals surface area contributed by atoms with E-state index < -0.39 is 31.2 Å². The first kappa shape index (κ1) is 23.5. The highest BCUT2D eigenvalue weighted by molar-refractivity contribution is 7.60. The maximum Gasteiger partial charge on any atom is 0.320 e. The van der Waals surface area contributed by atoms with Crippen molar-refractivity contribution in [2.45, 2.75) is 72.2 Å². The average Bonchev–Trinajstić information content (AvgIpc) is 2.50. The molecule has 7 nitrogen and oxygen atoms in total. The van der Waals surface area contributed by atoms with Crippen molar-refractivity contribution >= 4 is 13.3 Å². The van der Waals surface area contributed by atoms with Crippen molar-refractivity contribution in [1.82, 2.24) is 5.32 Å². The molecular weight excluding hydrogens is 333 g/mol. The summed E-state index contributed by atoms with van der Waals surface area (Å²) in [6.45, 7) is 11.9. The van der Waals surface area contributed by atoms with Crippen molar-refractivity contribution in [3.8, 4) is 0 Å². The van der Waals surface area contributed by atoms with Crippen LogP contribution >= 0.6 is 7.37 Å². The van der Waals surface area contributed by atoms with Crippen LogP contribution in [0.5, 0.6) is 0 Å². The van der Waals surface area contributed by atoms with Gasteiger partial charge in [-0.2, -0.15) is 0 Å². The normalized spacial score (nSPS) is 17.0. The second-order valence-electron chi connectivity index (χ2n) is 5.89. The maximum atomic E-state index is 13.5. The standard InChI is InChI=1S/C16H34NO6P/c1-7-14(17-13(15(18)19)11-12(5)6)24(20,23-10-4)16(21-8-2)22-9-3/h12-14,16-17H,7-11H2,1-6H3,(H,18,19)/t13-,14-,24-/m1/s1. The molecule has 0 aromatic carbocycles. The van der Waals surface area contributed by atoms with E-state index in [-0.39, 0.29) is 12.5 Å². The van der Waals surface area contributed by atoms with E-state index in [2.05, 4.69) is 5.32 Å². The van der Waals surface area contributed by atoms with Crippen LogP contribution in [0.2, 0.25) is 0 Å². The summed E-state index contributed by atoms with van der Waals surface area (Å²) < 4.78 is 30.1. The average molecular weight is 367 g/mol. The molecule has 0 amide bonds. The first-order valence-electron chi connectivity index (χ1n) is 8.72. The van der Waals surface area contributed by atoms with Crippen LogP contribution in [-0.2, 0) is 23.4 Å². The van der Waals surface area contributed by atoms with Gasteiger partial charge in [-0.1, -0.05) is 20.8 Å². The van der Waals surface area contributed by atoms with Gasteiger partial charge in [-0.25, -0.2) is 0 Å². The number of carboxylic acids is 1. The van der Waals surface area contributed by atoms with Gasteiger partial charge in [-0.05, 0) is 39.5 Å². The van der Waals surface area contributed by atoms with E-state index in [0.717, 1.165) is 0 Å². The zero-order valence-electron chi connectivity index (χ0n) is 15.8. The van der Waals surface area contributed by atoms with Crippen LogP contribution in [0.4, 0.5) is 0 Å². The lowest BCUT2D eigenvalue weighted by atomic mass is 10.0. The molecule has 144 valence electrons. The zero-order chi connectivity index (χ0) is 18.8. The van der Waals surface area contributed by atoms with E-state index in [1.165, 1.54) is 0 Å². The molecule has 2 N–H and O–H groups in total. The van der Waals surface area contributed by atoms with E-state index in [9.17, 15) is 14.5 Å². The Kier molecular flexibility index (Phi) is 11.8. The van der Waals surface area contributed by atoms with Crippen LogP contribution in [0.1, 0.15) is 54.4 Å². The monoisotopic (exact) mass is 367 g/mol. The number of carbonyl (C=O) groups is 1. The molecule has 0 aliphatic carbocycles. The summed E-state index contributed by atoms with van der Waals surface area (Å²) in [6, 6.07) is -1.80. The molecule has 0 aromatic rings. The summed E-state index contributed by atoms with van der Waals surface area (Å²) in [5.74, 6) is -1.42. The Morgan fingerprint density at radius 2 is 1.62 bits per heavy atom. The lowest BCUT2D eigenvalue weighted by Gasteiger charge is -2.34. The van der Waals surface area contributed by atoms with Crippen LogP contribution in [0.3, 0.4) is 0 Å². The Hall–Kier alpha value is -0.460. The largest absolute Gasteiger partial charge is 0.480 e. The molecule has 0 aromatic heterocycles. The van der Waals surface area contributed by atoms with Gasteiger partial charge >= 0.3 is 5.97 Å². The molecule has 0 radical (unpaired) electrons. The predicted molar refractivity (Wildman–Crippen MR) is 94.4 cm³/mol. The van der Waals surface area contributed by atoms with Crippen molar-refractivity contribution < 1.29 is 28.5 Å². The predicted octanol–water partition coefficient (Wildman–Crippen LogP) is 3.48. The van der Waals surface area contributed by atoms with Crippen LogP contribution in [0, 0.1) is 5.92 Å². The van der Waals surface area contributed by atoms with Gasteiger partial charge < -0.3 is 19.1 Å². The summed E-state index contributed by atoms with van der Waals surface area (Å²) >= 11 is 0. The highest BCUT2D eigenvalue weighted by Crippen LogP contribution is 2.57. The number of nitrogens with one attached hydrogen (secondary N) is 1. The third-order valence-electron chi connectivity index (χ3n) is 3.46. The summed E-state index contributed by atoms with van der Waals surface area (Å²) in [5.41, 5.74) is 0. The molecule has 0 heterocycles. The highest BCUT2D eigenvalue weighted by atomic mass is 31.2. The second-order valence-corrected chi connectivity index (χ2v) is 8.49. The number of hydrogen-bond donors (Lipinski definition) is 2. The van der Waals surface area contributed by atoms with Crippen molar-refractivity contribution in [2.24, 2.45) is 5.92 Å². The molecule has 0 bridgehead atoms. The summed E-state index contributed by atoms with van der Waals surface area (Å²) in [6.07, 6.45) is 0.877. The van der Waals surface area contributed by atoms with Crippen molar-refractivity contribution in [2.75, 3.05) is 19.8 Å². The van der Waals surface area contributed by atoms with Crippen LogP contribution in [-0.4, -0.2) is 48.8 Å². The van der Waals surface area contributed by atoms with Crippen LogP contribution in [0.15, 0.2) is 0 Å². The molecule has 0 rings (SSSR count). The van der Waals surface area contributed by atoms with E-state index in [0.29, 0.717) is 26.1 Å². The molecule has 0 fully saturated rings. The van der Waals surface area contributed by atoms with E-state index in [4.69, 9.17) is 14.0 Å². The molecule has 0 saturated heterocycles. The smallest absolute Gasteiger partial charge is 0.320 e. The van der Waals surface area contributed by atoms with Gasteiger partial charge in [0.05, 0.1) is 12.4 Å². The summed E-state index contributed by atoms with van der Waals surface area (Å²) in [5, 5.41) is 12.5. The first-order valence-corrected chi connectivity index (χ1v) is 10.5. The van der Waals surface area contributed by atoms with E-state index in [1.807, 2.05) is 20.8 Å². The fourth-order valence-electron chi connectivity index (χ4n) is 2.46. The van der Waals surface area contributed by atoms with Gasteiger partial charge in [-0.3, -0.25) is 14.7 Å². The summed E-state index contributed by atoms with van der Waals surface area (Å²) in [4.78, 5) is 11.5. The molecule has 0 unspecified atom stereocenters. The van der Waals surface area contributed by atoms with Gasteiger partial charge in [0.15, 0.2) is 0 Å². The Morgan fingerprint density at radius 1 is 1.08 bits per heavy atom. The minimum Gasteiger partial charge on any atom is -0.480 e. The van der Waals surface area contributed by atoms with Crippen molar-refractivity contribution in [1.29, 1.82) is 0 Å². The highest BCUT2D eigenvalue weighted by Gasteiger charge is 2.44. The molecule has 0 aliphatic heterocycles. The quantitative estimate of drug-likeness (QED) is 0.358. The molecule has 8 heteroatoms. The fraction of sp³-hybridized carbons (Fsp3) is 0.938. The van der Waals surface area contributed by atoms with Gasteiger partial charge in [0, 0.05) is 13.2 Å². The van der Waals surface area contributed by atoms with Crippen molar-refractivity contribution in [3.63, 3.8) is 0 Å². The lowest BCUT2D eigenvalue weighted by molar-refractivity contribution is -0.140.